The van der Waals surface area contributed by atoms with Gasteiger partial charge in [0.15, 0.2) is 0 Å². The van der Waals surface area contributed by atoms with E-state index in [-0.39, 0.29) is 16.6 Å². The van der Waals surface area contributed by atoms with Crippen molar-refractivity contribution in [3.8, 4) is 0 Å². The first kappa shape index (κ1) is 11.4. The van der Waals surface area contributed by atoms with Gasteiger partial charge in [0.2, 0.25) is 0 Å². The van der Waals surface area contributed by atoms with Gasteiger partial charge in [-0.1, -0.05) is 17.7 Å². The van der Waals surface area contributed by atoms with Crippen molar-refractivity contribution in [2.24, 2.45) is 5.92 Å². The number of carbonyl (C=O) groups is 1. The minimum Gasteiger partial charge on any atom is -0.349 e. The lowest BCUT2D eigenvalue weighted by Crippen LogP contribution is -2.34. The molecule has 1 amide bonds. The smallest absolute Gasteiger partial charge is 0.255 e. The number of amides is 1. The summed E-state index contributed by atoms with van der Waals surface area (Å²) in [7, 11) is 0. The molecule has 0 aromatic heterocycles. The minimum atomic E-state index is -0.576. The van der Waals surface area contributed by atoms with Crippen LogP contribution in [0.1, 0.15) is 30.1 Å². The zero-order chi connectivity index (χ0) is 11.7. The molecule has 2 rings (SSSR count). The Morgan fingerprint density at radius 1 is 1.56 bits per heavy atom. The SMILES string of the molecule is CC(NC(=O)c1c(F)cccc1Cl)C1CC1. The van der Waals surface area contributed by atoms with Gasteiger partial charge in [0.05, 0.1) is 10.6 Å². The normalized spacial score (nSPS) is 16.9. The molecule has 86 valence electrons. The van der Waals surface area contributed by atoms with E-state index in [1.807, 2.05) is 6.92 Å². The highest BCUT2D eigenvalue weighted by Crippen LogP contribution is 2.32. The van der Waals surface area contributed by atoms with Gasteiger partial charge in [-0.15, -0.1) is 0 Å². The lowest BCUT2D eigenvalue weighted by molar-refractivity contribution is 0.0932. The fraction of sp³-hybridized carbons (Fsp3) is 0.417. The van der Waals surface area contributed by atoms with Crippen LogP contribution in [0.3, 0.4) is 0 Å². The number of carbonyl (C=O) groups excluding carboxylic acids is 1. The Bertz CT molecular complexity index is 397. The van der Waals surface area contributed by atoms with Gasteiger partial charge in [-0.2, -0.15) is 0 Å². The Morgan fingerprint density at radius 3 is 2.81 bits per heavy atom. The van der Waals surface area contributed by atoms with Crippen LogP contribution in [0.25, 0.3) is 0 Å². The van der Waals surface area contributed by atoms with Crippen LogP contribution >= 0.6 is 11.6 Å². The summed E-state index contributed by atoms with van der Waals surface area (Å²) >= 11 is 5.80. The van der Waals surface area contributed by atoms with Gasteiger partial charge in [-0.05, 0) is 37.8 Å². The second kappa shape index (κ2) is 4.42. The quantitative estimate of drug-likeness (QED) is 0.866. The van der Waals surface area contributed by atoms with Crippen molar-refractivity contribution < 1.29 is 9.18 Å². The van der Waals surface area contributed by atoms with Crippen LogP contribution < -0.4 is 5.32 Å². The number of rotatable bonds is 3. The van der Waals surface area contributed by atoms with E-state index in [0.29, 0.717) is 5.92 Å². The number of hydrogen-bond donors (Lipinski definition) is 1. The van der Waals surface area contributed by atoms with Gasteiger partial charge in [-0.25, -0.2) is 4.39 Å². The van der Waals surface area contributed by atoms with Crippen LogP contribution in [-0.4, -0.2) is 11.9 Å². The highest BCUT2D eigenvalue weighted by molar-refractivity contribution is 6.33. The average molecular weight is 242 g/mol. The molecule has 1 aromatic carbocycles. The van der Waals surface area contributed by atoms with Gasteiger partial charge in [-0.3, -0.25) is 4.79 Å². The first-order valence-electron chi connectivity index (χ1n) is 5.34. The number of hydrogen-bond acceptors (Lipinski definition) is 1. The molecule has 0 spiro atoms. The molecule has 1 aromatic rings. The molecule has 1 atom stereocenters. The molecule has 0 radical (unpaired) electrons. The molecule has 2 nitrogen and oxygen atoms in total. The number of benzene rings is 1. The summed E-state index contributed by atoms with van der Waals surface area (Å²) < 4.78 is 13.4. The molecule has 1 aliphatic carbocycles. The van der Waals surface area contributed by atoms with Crippen molar-refractivity contribution in [1.29, 1.82) is 0 Å². The third-order valence-corrected chi connectivity index (χ3v) is 3.19. The van der Waals surface area contributed by atoms with E-state index in [9.17, 15) is 9.18 Å². The van der Waals surface area contributed by atoms with Gasteiger partial charge >= 0.3 is 0 Å². The van der Waals surface area contributed by atoms with Gasteiger partial charge in [0.25, 0.3) is 5.91 Å². The maximum atomic E-state index is 13.4. The summed E-state index contributed by atoms with van der Waals surface area (Å²) in [4.78, 5) is 11.8. The number of halogens is 2. The van der Waals surface area contributed by atoms with E-state index in [1.165, 1.54) is 18.2 Å². The second-order valence-electron chi connectivity index (χ2n) is 4.20. The Hall–Kier alpha value is -1.09. The third-order valence-electron chi connectivity index (χ3n) is 2.88. The fourth-order valence-electron chi connectivity index (χ4n) is 1.71. The van der Waals surface area contributed by atoms with Gasteiger partial charge in [0, 0.05) is 6.04 Å². The summed E-state index contributed by atoms with van der Waals surface area (Å²) in [6.07, 6.45) is 2.26. The van der Waals surface area contributed by atoms with Crippen molar-refractivity contribution in [2.75, 3.05) is 0 Å². The molecule has 1 saturated carbocycles. The van der Waals surface area contributed by atoms with Crippen molar-refractivity contribution in [3.05, 3.63) is 34.6 Å². The predicted molar refractivity (Wildman–Crippen MR) is 61.1 cm³/mol. The summed E-state index contributed by atoms with van der Waals surface area (Å²) in [6.45, 7) is 1.93. The van der Waals surface area contributed by atoms with Crippen LogP contribution in [0.4, 0.5) is 4.39 Å². The Labute approximate surface area is 98.8 Å². The first-order chi connectivity index (χ1) is 7.59. The zero-order valence-corrected chi connectivity index (χ0v) is 9.72. The van der Waals surface area contributed by atoms with E-state index in [0.717, 1.165) is 12.8 Å². The second-order valence-corrected chi connectivity index (χ2v) is 4.60. The Morgan fingerprint density at radius 2 is 2.25 bits per heavy atom. The molecule has 4 heteroatoms. The van der Waals surface area contributed by atoms with Crippen LogP contribution in [-0.2, 0) is 0 Å². The largest absolute Gasteiger partial charge is 0.349 e. The maximum absolute atomic E-state index is 13.4. The summed E-state index contributed by atoms with van der Waals surface area (Å²) in [5.41, 5.74) is -0.0586. The molecule has 16 heavy (non-hydrogen) atoms. The lowest BCUT2D eigenvalue weighted by Gasteiger charge is -2.13. The summed E-state index contributed by atoms with van der Waals surface area (Å²) in [5.74, 6) is -0.468. The molecular weight excluding hydrogens is 229 g/mol. The molecule has 1 unspecified atom stereocenters. The lowest BCUT2D eigenvalue weighted by atomic mass is 10.1. The van der Waals surface area contributed by atoms with E-state index in [1.54, 1.807) is 0 Å². The van der Waals surface area contributed by atoms with E-state index in [2.05, 4.69) is 5.32 Å². The van der Waals surface area contributed by atoms with Gasteiger partial charge in [0.1, 0.15) is 5.82 Å². The maximum Gasteiger partial charge on any atom is 0.255 e. The highest BCUT2D eigenvalue weighted by atomic mass is 35.5. The fourth-order valence-corrected chi connectivity index (χ4v) is 1.96. The van der Waals surface area contributed by atoms with Gasteiger partial charge < -0.3 is 5.32 Å². The summed E-state index contributed by atoms with van der Waals surface area (Å²) in [6, 6.07) is 4.33. The molecule has 0 heterocycles. The van der Waals surface area contributed by atoms with E-state index < -0.39 is 11.7 Å². The Kier molecular flexibility index (Phi) is 3.15. The van der Waals surface area contributed by atoms with Crippen molar-refractivity contribution >= 4 is 17.5 Å². The minimum absolute atomic E-state index is 0.0586. The predicted octanol–water partition coefficient (Wildman–Crippen LogP) is 3.01. The van der Waals surface area contributed by atoms with Crippen LogP contribution in [0.2, 0.25) is 5.02 Å². The van der Waals surface area contributed by atoms with Crippen molar-refractivity contribution in [1.82, 2.24) is 5.32 Å². The van der Waals surface area contributed by atoms with Crippen LogP contribution in [0, 0.1) is 11.7 Å². The highest BCUT2D eigenvalue weighted by Gasteiger charge is 2.29. The summed E-state index contributed by atoms with van der Waals surface area (Å²) in [5, 5.41) is 2.93. The molecule has 1 N–H and O–H groups in total. The Balaban J connectivity index is 2.13. The number of nitrogens with one attached hydrogen (secondary N) is 1. The molecule has 0 bridgehead atoms. The topological polar surface area (TPSA) is 29.1 Å². The molecule has 1 aliphatic rings. The van der Waals surface area contributed by atoms with Crippen LogP contribution in [0.15, 0.2) is 18.2 Å². The average Bonchev–Trinajstić information content (AvgIpc) is 2.99. The molecule has 1 fully saturated rings. The molecule has 0 saturated heterocycles. The monoisotopic (exact) mass is 241 g/mol. The molecular formula is C12H13ClFNO. The van der Waals surface area contributed by atoms with E-state index >= 15 is 0 Å². The zero-order valence-electron chi connectivity index (χ0n) is 8.97. The standard InChI is InChI=1S/C12H13ClFNO/c1-7(8-5-6-8)15-12(16)11-9(13)3-2-4-10(11)14/h2-4,7-8H,5-6H2,1H3,(H,15,16). The van der Waals surface area contributed by atoms with Crippen molar-refractivity contribution in [3.63, 3.8) is 0 Å². The van der Waals surface area contributed by atoms with Crippen LogP contribution in [0.5, 0.6) is 0 Å². The third kappa shape index (κ3) is 2.35. The van der Waals surface area contributed by atoms with Crippen molar-refractivity contribution in [2.45, 2.75) is 25.8 Å². The van der Waals surface area contributed by atoms with E-state index in [4.69, 9.17) is 11.6 Å². The molecule has 0 aliphatic heterocycles. The first-order valence-corrected chi connectivity index (χ1v) is 5.72.